The number of nitrogens with one attached hydrogen (secondary N) is 1. The Balaban J connectivity index is 1.51. The lowest BCUT2D eigenvalue weighted by Gasteiger charge is -2.26. The minimum atomic E-state index is -0.682. The number of benzene rings is 1. The van der Waals surface area contributed by atoms with Gasteiger partial charge in [-0.3, -0.25) is 14.9 Å². The van der Waals surface area contributed by atoms with Crippen molar-refractivity contribution >= 4 is 22.4 Å². The zero-order valence-corrected chi connectivity index (χ0v) is 13.9. The van der Waals surface area contributed by atoms with Gasteiger partial charge in [0.05, 0.1) is 7.11 Å². The highest BCUT2D eigenvalue weighted by Gasteiger charge is 2.54. The number of nitro groups is 1. The second kappa shape index (κ2) is 5.91. The first-order valence-electron chi connectivity index (χ1n) is 8.35. The molecule has 1 saturated carbocycles. The molecule has 1 aromatic carbocycles. The van der Waals surface area contributed by atoms with Crippen LogP contribution in [0.25, 0.3) is 16.5 Å². The summed E-state index contributed by atoms with van der Waals surface area (Å²) in [5, 5.41) is 11.9. The number of amides is 1. The van der Waals surface area contributed by atoms with E-state index in [0.29, 0.717) is 19.5 Å². The van der Waals surface area contributed by atoms with Crippen molar-refractivity contribution in [3.63, 3.8) is 0 Å². The van der Waals surface area contributed by atoms with Gasteiger partial charge in [-0.05, 0) is 30.2 Å². The van der Waals surface area contributed by atoms with Gasteiger partial charge in [-0.2, -0.15) is 0 Å². The molecule has 1 aromatic heterocycles. The monoisotopic (exact) mass is 341 g/mol. The highest BCUT2D eigenvalue weighted by molar-refractivity contribution is 5.94. The zero-order valence-electron chi connectivity index (χ0n) is 13.9. The number of carbonyl (C=O) groups excluding carboxylic acids is 1. The lowest BCUT2D eigenvalue weighted by molar-refractivity contribution is -0.497. The number of aromatic nitrogens is 1. The van der Waals surface area contributed by atoms with Crippen LogP contribution >= 0.6 is 0 Å². The normalized spacial score (nSPS) is 22.6. The number of ether oxygens (including phenoxy) is 1. The summed E-state index contributed by atoms with van der Waals surface area (Å²) >= 11 is 0. The third-order valence-electron chi connectivity index (χ3n) is 5.10. The van der Waals surface area contributed by atoms with Gasteiger partial charge in [0.25, 0.3) is 0 Å². The Hall–Kier alpha value is -2.83. The third-order valence-corrected chi connectivity index (χ3v) is 5.10. The van der Waals surface area contributed by atoms with E-state index >= 15 is 0 Å². The average molecular weight is 341 g/mol. The Morgan fingerprint density at radius 2 is 2.28 bits per heavy atom. The predicted octanol–water partition coefficient (Wildman–Crippen LogP) is 2.46. The van der Waals surface area contributed by atoms with Crippen LogP contribution in [0, 0.1) is 16.0 Å². The molecule has 7 heteroatoms. The Kier molecular flexibility index (Phi) is 3.71. The van der Waals surface area contributed by atoms with E-state index in [9.17, 15) is 14.9 Å². The van der Waals surface area contributed by atoms with E-state index in [4.69, 9.17) is 4.74 Å². The molecule has 0 saturated heterocycles. The Morgan fingerprint density at radius 1 is 1.44 bits per heavy atom. The van der Waals surface area contributed by atoms with Gasteiger partial charge in [0.1, 0.15) is 11.7 Å². The number of rotatable bonds is 4. The fraction of sp³-hybridized carbons (Fsp3) is 0.389. The first-order chi connectivity index (χ1) is 12.1. The minimum Gasteiger partial charge on any atom is -0.497 e. The van der Waals surface area contributed by atoms with E-state index in [0.717, 1.165) is 28.6 Å². The molecule has 1 aliphatic heterocycles. The minimum absolute atomic E-state index is 0.0856. The molecule has 1 fully saturated rings. The number of hydrogen-bond acceptors (Lipinski definition) is 4. The maximum Gasteiger partial charge on any atom is 0.233 e. The summed E-state index contributed by atoms with van der Waals surface area (Å²) in [6.07, 6.45) is 5.15. The van der Waals surface area contributed by atoms with Crippen molar-refractivity contribution in [2.75, 3.05) is 20.2 Å². The molecular formula is C18H19N3O4. The molecule has 0 unspecified atom stereocenters. The van der Waals surface area contributed by atoms with Crippen LogP contribution < -0.4 is 4.74 Å². The van der Waals surface area contributed by atoms with Crippen molar-refractivity contribution < 1.29 is 14.5 Å². The van der Waals surface area contributed by atoms with E-state index in [1.165, 1.54) is 5.57 Å². The maximum atomic E-state index is 12.3. The van der Waals surface area contributed by atoms with E-state index < -0.39 is 12.0 Å². The van der Waals surface area contributed by atoms with Crippen LogP contribution in [0.1, 0.15) is 18.4 Å². The van der Waals surface area contributed by atoms with Crippen LogP contribution in [0.5, 0.6) is 5.75 Å². The molecule has 2 atom stereocenters. The molecular weight excluding hydrogens is 322 g/mol. The number of methoxy groups -OCH3 is 1. The third kappa shape index (κ3) is 2.75. The van der Waals surface area contributed by atoms with E-state index in [1.807, 2.05) is 30.5 Å². The molecule has 130 valence electrons. The SMILES string of the molecule is COc1ccc2[nH]cc(C3=CCN(C(=O)[C@H]4C[C@H]4[N+](=O)[O-])CC3)c2c1. The Morgan fingerprint density at radius 3 is 2.92 bits per heavy atom. The van der Waals surface area contributed by atoms with Gasteiger partial charge in [0.2, 0.25) is 11.9 Å². The molecule has 0 radical (unpaired) electrons. The summed E-state index contributed by atoms with van der Waals surface area (Å²) < 4.78 is 5.30. The van der Waals surface area contributed by atoms with Gasteiger partial charge in [-0.15, -0.1) is 0 Å². The lowest BCUT2D eigenvalue weighted by atomic mass is 9.98. The van der Waals surface area contributed by atoms with Gasteiger partial charge >= 0.3 is 0 Å². The number of H-pyrrole nitrogens is 1. The number of nitrogens with zero attached hydrogens (tertiary/aromatic N) is 2. The van der Waals surface area contributed by atoms with E-state index in [2.05, 4.69) is 4.98 Å². The van der Waals surface area contributed by atoms with Gasteiger partial charge in [-0.1, -0.05) is 6.08 Å². The summed E-state index contributed by atoms with van der Waals surface area (Å²) in [5.74, 6) is 0.293. The van der Waals surface area contributed by atoms with Gasteiger partial charge in [0, 0.05) is 47.1 Å². The fourth-order valence-corrected chi connectivity index (χ4v) is 3.52. The van der Waals surface area contributed by atoms with Crippen LogP contribution in [0.15, 0.2) is 30.5 Å². The largest absolute Gasteiger partial charge is 0.497 e. The van der Waals surface area contributed by atoms with Crippen LogP contribution in [-0.4, -0.2) is 47.0 Å². The summed E-state index contributed by atoms with van der Waals surface area (Å²) in [6.45, 7) is 1.11. The number of aromatic amines is 1. The van der Waals surface area contributed by atoms with E-state index in [1.54, 1.807) is 12.0 Å². The smallest absolute Gasteiger partial charge is 0.233 e. The van der Waals surface area contributed by atoms with Crippen molar-refractivity contribution in [1.82, 2.24) is 9.88 Å². The molecule has 2 aliphatic rings. The molecule has 25 heavy (non-hydrogen) atoms. The van der Waals surface area contributed by atoms with Crippen LogP contribution in [-0.2, 0) is 4.79 Å². The molecule has 7 nitrogen and oxygen atoms in total. The molecule has 4 rings (SSSR count). The van der Waals surface area contributed by atoms with Crippen molar-refractivity contribution in [3.05, 3.63) is 46.1 Å². The van der Waals surface area contributed by atoms with Gasteiger partial charge < -0.3 is 14.6 Å². The summed E-state index contributed by atoms with van der Waals surface area (Å²) in [4.78, 5) is 27.7. The Labute approximate surface area is 144 Å². The van der Waals surface area contributed by atoms with Crippen LogP contribution in [0.2, 0.25) is 0 Å². The molecule has 2 aromatic rings. The highest BCUT2D eigenvalue weighted by Crippen LogP contribution is 2.36. The van der Waals surface area contributed by atoms with Gasteiger partial charge in [-0.25, -0.2) is 0 Å². The molecule has 1 amide bonds. The number of hydrogen-bond donors (Lipinski definition) is 1. The summed E-state index contributed by atoms with van der Waals surface area (Å²) in [6, 6.07) is 5.23. The lowest BCUT2D eigenvalue weighted by Crippen LogP contribution is -2.36. The van der Waals surface area contributed by atoms with Crippen molar-refractivity contribution in [1.29, 1.82) is 0 Å². The van der Waals surface area contributed by atoms with Crippen molar-refractivity contribution in [2.45, 2.75) is 18.9 Å². The first-order valence-corrected chi connectivity index (χ1v) is 8.35. The van der Waals surface area contributed by atoms with Crippen LogP contribution in [0.4, 0.5) is 0 Å². The molecule has 0 bridgehead atoms. The number of carbonyl (C=O) groups is 1. The standard InChI is InChI=1S/C18H19N3O4/c1-25-12-2-3-16-13(8-12)15(10-19-16)11-4-6-20(7-5-11)18(22)14-9-17(14)21(23)24/h2-4,8,10,14,17,19H,5-7,9H2,1H3/t14-,17+/m0/s1. The number of fused-ring (bicyclic) bond motifs is 1. The van der Waals surface area contributed by atoms with Crippen molar-refractivity contribution in [3.8, 4) is 5.75 Å². The topological polar surface area (TPSA) is 88.5 Å². The molecule has 2 heterocycles. The second-order valence-electron chi connectivity index (χ2n) is 6.57. The first kappa shape index (κ1) is 15.7. The van der Waals surface area contributed by atoms with E-state index in [-0.39, 0.29) is 10.8 Å². The molecule has 1 N–H and O–H groups in total. The molecule has 1 aliphatic carbocycles. The second-order valence-corrected chi connectivity index (χ2v) is 6.57. The molecule has 0 spiro atoms. The quantitative estimate of drug-likeness (QED) is 0.683. The summed E-state index contributed by atoms with van der Waals surface area (Å²) in [5.41, 5.74) is 3.35. The van der Waals surface area contributed by atoms with Crippen molar-refractivity contribution in [2.24, 2.45) is 5.92 Å². The van der Waals surface area contributed by atoms with Gasteiger partial charge in [0.15, 0.2) is 0 Å². The Bertz CT molecular complexity index is 886. The van der Waals surface area contributed by atoms with Crippen LogP contribution in [0.3, 0.4) is 0 Å². The fourth-order valence-electron chi connectivity index (χ4n) is 3.52. The zero-order chi connectivity index (χ0) is 17.6. The highest BCUT2D eigenvalue weighted by atomic mass is 16.6. The average Bonchev–Trinajstić information content (AvgIpc) is 3.34. The predicted molar refractivity (Wildman–Crippen MR) is 92.9 cm³/mol. The summed E-state index contributed by atoms with van der Waals surface area (Å²) in [7, 11) is 1.65. The maximum absolute atomic E-state index is 12.3.